The number of aromatic hydroxyl groups is 3. The number of piperidine rings is 1. The van der Waals surface area contributed by atoms with Gasteiger partial charge in [0.15, 0.2) is 29.1 Å². The number of carboxylic acids is 1. The molecule has 12 atom stereocenters. The summed E-state index contributed by atoms with van der Waals surface area (Å²) in [6.07, 6.45) is -5.13. The summed E-state index contributed by atoms with van der Waals surface area (Å²) in [7, 11) is 0. The molecular weight excluding hydrogens is 1110 g/mol. The Morgan fingerprint density at radius 3 is 2.39 bits per heavy atom. The Morgan fingerprint density at radius 2 is 1.65 bits per heavy atom. The molecule has 13 rings (SSSR count). The van der Waals surface area contributed by atoms with Gasteiger partial charge in [-0.3, -0.25) is 10.1 Å². The summed E-state index contributed by atoms with van der Waals surface area (Å²) in [5, 5.41) is 158. The van der Waals surface area contributed by atoms with E-state index in [1.54, 1.807) is 18.3 Å². The quantitative estimate of drug-likeness (QED) is 0.0342. The number of aliphatic hydroxyl groups is 9. The van der Waals surface area contributed by atoms with Crippen LogP contribution in [0.3, 0.4) is 0 Å². The Hall–Kier alpha value is -7.27. The van der Waals surface area contributed by atoms with Crippen molar-refractivity contribution in [2.45, 2.75) is 155 Å². The van der Waals surface area contributed by atoms with Gasteiger partial charge in [0.2, 0.25) is 17.2 Å². The molecule has 2 spiro atoms. The van der Waals surface area contributed by atoms with Gasteiger partial charge in [0, 0.05) is 95.9 Å². The number of hydrogen-bond acceptors (Lipinski definition) is 22. The number of carbonyl (C=O) groups excluding carboxylic acids is 1. The summed E-state index contributed by atoms with van der Waals surface area (Å²) in [5.41, 5.74) is -8.66. The molecular formula is C61H65N3O21. The number of aliphatic carboxylic acids is 1. The number of carbonyl (C=O) groups is 2. The molecule has 4 fully saturated rings. The van der Waals surface area contributed by atoms with E-state index in [1.165, 1.54) is 12.1 Å². The van der Waals surface area contributed by atoms with Gasteiger partial charge in [-0.25, -0.2) is 9.59 Å². The molecule has 4 bridgehead atoms. The summed E-state index contributed by atoms with van der Waals surface area (Å²) in [4.78, 5) is 47.3. The van der Waals surface area contributed by atoms with E-state index < -0.39 is 144 Å². The van der Waals surface area contributed by atoms with Crippen molar-refractivity contribution in [3.63, 3.8) is 0 Å². The third-order valence-corrected chi connectivity index (χ3v) is 18.5. The predicted molar refractivity (Wildman–Crippen MR) is 293 cm³/mol. The molecule has 2 aliphatic carbocycles. The maximum Gasteiger partial charge on any atom is 0.354 e. The highest BCUT2D eigenvalue weighted by Crippen LogP contribution is 2.58. The number of phenolic OH excluding ortho intramolecular Hbond substituents is 3. The van der Waals surface area contributed by atoms with Crippen LogP contribution in [0.25, 0.3) is 22.3 Å². The van der Waals surface area contributed by atoms with Crippen molar-refractivity contribution in [3.8, 4) is 58.0 Å². The molecule has 3 saturated heterocycles. The van der Waals surface area contributed by atoms with Gasteiger partial charge in [-0.05, 0) is 79.3 Å². The number of esters is 1. The molecule has 7 aliphatic heterocycles. The summed E-state index contributed by atoms with van der Waals surface area (Å²) in [6.45, 7) is 1.59. The normalized spacial score (nSPS) is 33.9. The summed E-state index contributed by atoms with van der Waals surface area (Å²) in [6, 6.07) is 6.36. The topological polar surface area (TPSA) is 404 Å². The zero-order valence-electron chi connectivity index (χ0n) is 45.9. The van der Waals surface area contributed by atoms with E-state index in [-0.39, 0.29) is 69.8 Å². The average Bonchev–Trinajstić information content (AvgIpc) is 1.70. The van der Waals surface area contributed by atoms with Crippen LogP contribution in [0.5, 0.6) is 23.0 Å². The molecule has 9 aliphatic rings. The Kier molecular flexibility index (Phi) is 14.4. The number of aliphatic hydroxyl groups excluding tert-OH is 6. The molecule has 2 aromatic carbocycles. The number of aromatic nitrogens is 1. The van der Waals surface area contributed by atoms with Crippen LogP contribution in [0.2, 0.25) is 0 Å². The number of fused-ring (bicyclic) bond motifs is 7. The fraction of sp³-hybridized carbons (Fsp3) is 0.492. The number of ether oxygens (including phenoxy) is 4. The Balaban J connectivity index is 1.17. The first-order valence-corrected chi connectivity index (χ1v) is 28.4. The smallest absolute Gasteiger partial charge is 0.354 e. The average molecular weight is 1180 g/mol. The molecule has 1 unspecified atom stereocenters. The molecule has 85 heavy (non-hydrogen) atoms. The van der Waals surface area contributed by atoms with Gasteiger partial charge in [0.1, 0.15) is 46.0 Å². The first-order chi connectivity index (χ1) is 40.5. The number of hydrogen-bond donors (Lipinski definition) is 16. The highest BCUT2D eigenvalue weighted by Gasteiger charge is 2.78. The molecule has 16 N–H and O–H groups in total. The number of benzene rings is 2. The summed E-state index contributed by atoms with van der Waals surface area (Å²) in [5.74, 6) is -7.63. The van der Waals surface area contributed by atoms with Gasteiger partial charge in [0.05, 0.1) is 12.6 Å². The molecule has 450 valence electrons. The van der Waals surface area contributed by atoms with E-state index in [9.17, 15) is 76.0 Å². The molecule has 24 heteroatoms. The second-order valence-corrected chi connectivity index (χ2v) is 23.5. The molecule has 4 aromatic rings. The van der Waals surface area contributed by atoms with E-state index in [4.69, 9.17) is 23.4 Å². The van der Waals surface area contributed by atoms with Gasteiger partial charge in [-0.1, -0.05) is 62.5 Å². The highest BCUT2D eigenvalue weighted by molar-refractivity contribution is 5.90. The second-order valence-electron chi connectivity index (χ2n) is 23.5. The van der Waals surface area contributed by atoms with E-state index in [0.29, 0.717) is 29.8 Å². The largest absolute Gasteiger partial charge is 0.507 e. The Morgan fingerprint density at radius 1 is 0.871 bits per heavy atom. The number of nitrogens with one attached hydrogen (secondary N) is 3. The number of rotatable bonds is 10. The van der Waals surface area contributed by atoms with Crippen molar-refractivity contribution in [2.75, 3.05) is 19.8 Å². The van der Waals surface area contributed by atoms with Crippen LogP contribution in [-0.2, 0) is 36.6 Å². The number of aromatic amines is 1. The van der Waals surface area contributed by atoms with Crippen LogP contribution in [0.15, 0.2) is 80.3 Å². The van der Waals surface area contributed by atoms with Gasteiger partial charge in [0.25, 0.3) is 11.4 Å². The molecule has 2 aromatic heterocycles. The number of allylic oxidation sites excluding steroid dienone is 4. The van der Waals surface area contributed by atoms with Crippen molar-refractivity contribution in [3.05, 3.63) is 104 Å². The second kappa shape index (κ2) is 21.0. The minimum atomic E-state index is -3.99. The first-order valence-electron chi connectivity index (χ1n) is 28.4. The monoisotopic (exact) mass is 1180 g/mol. The van der Waals surface area contributed by atoms with Crippen LogP contribution in [0, 0.1) is 35.5 Å². The third-order valence-electron chi connectivity index (χ3n) is 18.5. The molecule has 0 radical (unpaired) electrons. The SMILES string of the molecule is C[C@@H]1CCNC2NC(CC3CCCC3)=C([C@H]3C=C4Cc5[nH]ccc5C#CC[C@]5(O)[C@H](O)[C@@H](O)[C@@]4(Oc4cc6oc(-c7cc(O)c(O)c(CCO)c7)cc(=O)c6c(O)c43)O[C@@]53CC#C[C@]4(C(=O)O)O[C@](CCCO)(OC3=O)[C@H](O)[C@@H](O)C4(O)O)C=C21. The first kappa shape index (κ1) is 58.1. The van der Waals surface area contributed by atoms with Crippen molar-refractivity contribution >= 4 is 22.9 Å². The van der Waals surface area contributed by atoms with Crippen molar-refractivity contribution < 1.29 is 99.3 Å². The van der Waals surface area contributed by atoms with Gasteiger partial charge in [-0.2, -0.15) is 0 Å². The molecule has 0 amide bonds. The molecule has 1 saturated carbocycles. The van der Waals surface area contributed by atoms with E-state index in [0.717, 1.165) is 55.5 Å². The lowest BCUT2D eigenvalue weighted by Crippen LogP contribution is -2.81. The standard InChI is InChI=1S/C61H65N3O21/c1-29-10-17-63-53-35(29)26-36(39(64-53)21-30-7-2-3-8-30)37-24-34-25-38-31(11-18-62-38)9-4-13-56(78)49(71)51(73)60(34,82-44-28-43-46(48(70)45(37)44)40(67)27-42(81-43)33-22-32(12-20-66)47(69)41(68)23-33)85-58(56)15-5-14-57(54(75)76)61(79,80)52(74)50(72)59(84-57,16-6-19-65)83-55(58)77/h11,18,22-24,26-30,37,49-53,62-66,68-74,78-80H,2-3,6-8,10,12-13,15-17,19-21,25H2,1H3,(H,75,76)/t29-,37-,49-,50-,51-,52-,53?,56+,57-,58-,59+,60+/m1/s1. The fourth-order valence-corrected chi connectivity index (χ4v) is 13.8. The van der Waals surface area contributed by atoms with Crippen molar-refractivity contribution in [1.82, 2.24) is 15.6 Å². The minimum absolute atomic E-state index is 0.00479. The summed E-state index contributed by atoms with van der Waals surface area (Å²) >= 11 is 0. The van der Waals surface area contributed by atoms with Crippen LogP contribution in [-0.4, -0.2) is 168 Å². The van der Waals surface area contributed by atoms with Gasteiger partial charge in [-0.15, -0.1) is 0 Å². The van der Waals surface area contributed by atoms with Crippen LogP contribution < -0.4 is 20.8 Å². The lowest BCUT2D eigenvalue weighted by atomic mass is 9.67. The highest BCUT2D eigenvalue weighted by atomic mass is 16.8. The Labute approximate surface area is 484 Å². The van der Waals surface area contributed by atoms with Crippen molar-refractivity contribution in [1.29, 1.82) is 0 Å². The van der Waals surface area contributed by atoms with Crippen molar-refractivity contribution in [2.24, 2.45) is 11.8 Å². The van der Waals surface area contributed by atoms with E-state index in [1.807, 2.05) is 6.08 Å². The van der Waals surface area contributed by atoms with E-state index in [2.05, 4.69) is 46.2 Å². The maximum atomic E-state index is 16.0. The zero-order chi connectivity index (χ0) is 60.3. The minimum Gasteiger partial charge on any atom is -0.507 e. The molecule has 9 heterocycles. The van der Waals surface area contributed by atoms with Gasteiger partial charge < -0.3 is 100 Å². The van der Waals surface area contributed by atoms with Crippen LogP contribution >= 0.6 is 0 Å². The lowest BCUT2D eigenvalue weighted by Gasteiger charge is -2.58. The number of phenols is 3. The Bertz CT molecular complexity index is 3720. The van der Waals surface area contributed by atoms with E-state index >= 15 is 4.79 Å². The number of dihydropyridines is 1. The lowest BCUT2D eigenvalue weighted by molar-refractivity contribution is -0.432. The number of carboxylic acid groups (broad SMARTS) is 1. The van der Waals surface area contributed by atoms with Gasteiger partial charge >= 0.3 is 11.9 Å². The van der Waals surface area contributed by atoms with Crippen LogP contribution in [0.4, 0.5) is 0 Å². The number of H-pyrrole nitrogens is 1. The van der Waals surface area contributed by atoms with Crippen LogP contribution in [0.1, 0.15) is 99.4 Å². The third kappa shape index (κ3) is 8.79. The zero-order valence-corrected chi connectivity index (χ0v) is 45.9. The molecule has 24 nitrogen and oxygen atoms in total. The fourth-order valence-electron chi connectivity index (χ4n) is 13.8. The predicted octanol–water partition coefficient (Wildman–Crippen LogP) is 0.753. The summed E-state index contributed by atoms with van der Waals surface area (Å²) < 4.78 is 32.4. The maximum absolute atomic E-state index is 16.0.